The van der Waals surface area contributed by atoms with E-state index in [-0.39, 0.29) is 12.3 Å². The third kappa shape index (κ3) is 5.46. The zero-order valence-corrected chi connectivity index (χ0v) is 16.1. The summed E-state index contributed by atoms with van der Waals surface area (Å²) in [6, 6.07) is 14.8. The number of thiazole rings is 1. The molecule has 0 aliphatic rings. The highest BCUT2D eigenvalue weighted by Gasteiger charge is 2.09. The first-order valence-electron chi connectivity index (χ1n) is 7.96. The van der Waals surface area contributed by atoms with Crippen molar-refractivity contribution in [2.24, 2.45) is 0 Å². The van der Waals surface area contributed by atoms with Crippen LogP contribution in [0.5, 0.6) is 5.75 Å². The van der Waals surface area contributed by atoms with E-state index in [1.807, 2.05) is 36.4 Å². The van der Waals surface area contributed by atoms with Crippen LogP contribution in [0.15, 0.2) is 54.7 Å². The van der Waals surface area contributed by atoms with Gasteiger partial charge in [0.2, 0.25) is 5.91 Å². The van der Waals surface area contributed by atoms with Crippen molar-refractivity contribution in [1.82, 2.24) is 4.98 Å². The molecular formula is C19H16Cl2N2O2S. The number of rotatable bonds is 7. The Morgan fingerprint density at radius 3 is 2.73 bits per heavy atom. The van der Waals surface area contributed by atoms with Crippen LogP contribution in [-0.2, 0) is 11.2 Å². The molecule has 0 saturated carbocycles. The highest BCUT2D eigenvalue weighted by molar-refractivity contribution is 7.15. The van der Waals surface area contributed by atoms with Crippen LogP contribution in [0.25, 0.3) is 0 Å². The van der Waals surface area contributed by atoms with Crippen molar-refractivity contribution >= 4 is 45.6 Å². The van der Waals surface area contributed by atoms with Crippen molar-refractivity contribution in [2.75, 3.05) is 11.9 Å². The number of nitrogens with zero attached hydrogens (tertiary/aromatic N) is 1. The largest absolute Gasteiger partial charge is 0.493 e. The van der Waals surface area contributed by atoms with Gasteiger partial charge in [0.15, 0.2) is 5.13 Å². The third-order valence-electron chi connectivity index (χ3n) is 3.52. The van der Waals surface area contributed by atoms with Crippen LogP contribution >= 0.6 is 34.5 Å². The van der Waals surface area contributed by atoms with E-state index in [1.165, 1.54) is 11.3 Å². The zero-order chi connectivity index (χ0) is 18.4. The van der Waals surface area contributed by atoms with Gasteiger partial charge in [0.25, 0.3) is 0 Å². The Bertz CT molecular complexity index is 884. The minimum atomic E-state index is -0.133. The molecule has 3 aromatic rings. The summed E-state index contributed by atoms with van der Waals surface area (Å²) in [6.45, 7) is 0.314. The molecule has 4 nitrogen and oxygen atoms in total. The van der Waals surface area contributed by atoms with Gasteiger partial charge in [-0.05, 0) is 29.8 Å². The summed E-state index contributed by atoms with van der Waals surface area (Å²) in [7, 11) is 0. The molecule has 0 aliphatic carbocycles. The van der Waals surface area contributed by atoms with E-state index in [2.05, 4.69) is 10.3 Å². The van der Waals surface area contributed by atoms with Crippen LogP contribution in [0.1, 0.15) is 16.9 Å². The number of amides is 1. The number of carbonyl (C=O) groups excluding carboxylic acids is 1. The molecule has 1 amide bonds. The maximum Gasteiger partial charge on any atom is 0.229 e. The molecule has 26 heavy (non-hydrogen) atoms. The number of carbonyl (C=O) groups is 1. The van der Waals surface area contributed by atoms with Gasteiger partial charge in [0.1, 0.15) is 5.75 Å². The molecule has 0 radical (unpaired) electrons. The Labute approximate surface area is 165 Å². The van der Waals surface area contributed by atoms with Crippen LogP contribution in [-0.4, -0.2) is 17.5 Å². The number of anilines is 1. The Kier molecular flexibility index (Phi) is 6.50. The molecule has 0 atom stereocenters. The first-order chi connectivity index (χ1) is 12.6. The van der Waals surface area contributed by atoms with Crippen molar-refractivity contribution in [3.63, 3.8) is 0 Å². The van der Waals surface area contributed by atoms with Gasteiger partial charge in [0.05, 0.1) is 13.0 Å². The summed E-state index contributed by atoms with van der Waals surface area (Å²) in [6.07, 6.45) is 2.64. The van der Waals surface area contributed by atoms with Gasteiger partial charge in [-0.1, -0.05) is 47.5 Å². The Morgan fingerprint density at radius 2 is 1.96 bits per heavy atom. The number of ether oxygens (including phenoxy) is 1. The molecule has 3 rings (SSSR count). The number of aromatic nitrogens is 1. The Balaban J connectivity index is 1.49. The second-order valence-corrected chi connectivity index (χ2v) is 7.46. The average molecular weight is 407 g/mol. The lowest BCUT2D eigenvalue weighted by atomic mass is 10.1. The second-order valence-electron chi connectivity index (χ2n) is 5.50. The summed E-state index contributed by atoms with van der Waals surface area (Å²) < 4.78 is 5.52. The highest BCUT2D eigenvalue weighted by atomic mass is 35.5. The van der Waals surface area contributed by atoms with E-state index in [1.54, 1.807) is 18.3 Å². The van der Waals surface area contributed by atoms with Crippen molar-refractivity contribution in [3.8, 4) is 5.75 Å². The van der Waals surface area contributed by atoms with Crippen LogP contribution in [0.4, 0.5) is 5.13 Å². The molecule has 0 unspecified atom stereocenters. The molecule has 2 aromatic carbocycles. The van der Waals surface area contributed by atoms with Crippen molar-refractivity contribution < 1.29 is 9.53 Å². The highest BCUT2D eigenvalue weighted by Crippen LogP contribution is 2.26. The SMILES string of the molecule is O=C(CCOc1ccccc1)Nc1ncc(Cc2ccc(Cl)cc2Cl)s1. The van der Waals surface area contributed by atoms with E-state index in [4.69, 9.17) is 27.9 Å². The summed E-state index contributed by atoms with van der Waals surface area (Å²) in [5.41, 5.74) is 0.967. The number of nitrogens with one attached hydrogen (secondary N) is 1. The standard InChI is InChI=1S/C19H16Cl2N2O2S/c20-14-7-6-13(17(21)11-14)10-16-12-22-19(26-16)23-18(24)8-9-25-15-4-2-1-3-5-15/h1-7,11-12H,8-10H2,(H,22,23,24). The molecule has 134 valence electrons. The fraction of sp³-hybridized carbons (Fsp3) is 0.158. The maximum atomic E-state index is 12.0. The van der Waals surface area contributed by atoms with Gasteiger partial charge in [-0.15, -0.1) is 11.3 Å². The smallest absolute Gasteiger partial charge is 0.229 e. The lowest BCUT2D eigenvalue weighted by Crippen LogP contribution is -2.14. The van der Waals surface area contributed by atoms with Crippen LogP contribution in [0.2, 0.25) is 10.0 Å². The van der Waals surface area contributed by atoms with Crippen LogP contribution in [0, 0.1) is 0 Å². The fourth-order valence-corrected chi connectivity index (χ4v) is 3.59. The Hall–Kier alpha value is -2.08. The molecule has 0 spiro atoms. The first-order valence-corrected chi connectivity index (χ1v) is 9.54. The summed E-state index contributed by atoms with van der Waals surface area (Å²) in [5, 5.41) is 4.58. The molecule has 0 bridgehead atoms. The number of halogens is 2. The average Bonchev–Trinajstić information content (AvgIpc) is 3.05. The summed E-state index contributed by atoms with van der Waals surface area (Å²) in [4.78, 5) is 17.2. The minimum absolute atomic E-state index is 0.133. The van der Waals surface area contributed by atoms with E-state index >= 15 is 0 Å². The molecule has 0 saturated heterocycles. The second kappa shape index (κ2) is 9.03. The predicted molar refractivity (Wildman–Crippen MR) is 107 cm³/mol. The number of hydrogen-bond donors (Lipinski definition) is 1. The Morgan fingerprint density at radius 1 is 1.15 bits per heavy atom. The van der Waals surface area contributed by atoms with Gasteiger partial charge < -0.3 is 10.1 Å². The maximum absolute atomic E-state index is 12.0. The minimum Gasteiger partial charge on any atom is -0.493 e. The number of para-hydroxylation sites is 1. The van der Waals surface area contributed by atoms with Crippen molar-refractivity contribution in [3.05, 3.63) is 75.2 Å². The lowest BCUT2D eigenvalue weighted by molar-refractivity contribution is -0.116. The monoisotopic (exact) mass is 406 g/mol. The molecule has 7 heteroatoms. The van der Waals surface area contributed by atoms with Crippen LogP contribution in [0.3, 0.4) is 0 Å². The topological polar surface area (TPSA) is 51.2 Å². The third-order valence-corrected chi connectivity index (χ3v) is 5.02. The van der Waals surface area contributed by atoms with Gasteiger partial charge >= 0.3 is 0 Å². The van der Waals surface area contributed by atoms with E-state index < -0.39 is 0 Å². The summed E-state index contributed by atoms with van der Waals surface area (Å²) >= 11 is 13.5. The molecule has 0 fully saturated rings. The molecule has 0 aliphatic heterocycles. The lowest BCUT2D eigenvalue weighted by Gasteiger charge is -2.05. The normalized spacial score (nSPS) is 10.5. The molecule has 1 aromatic heterocycles. The molecule has 1 N–H and O–H groups in total. The van der Waals surface area contributed by atoms with Crippen molar-refractivity contribution in [2.45, 2.75) is 12.8 Å². The zero-order valence-electron chi connectivity index (χ0n) is 13.7. The van der Waals surface area contributed by atoms with Crippen molar-refractivity contribution in [1.29, 1.82) is 0 Å². The van der Waals surface area contributed by atoms with E-state index in [0.29, 0.717) is 28.2 Å². The van der Waals surface area contributed by atoms with Gasteiger partial charge in [0, 0.05) is 27.5 Å². The van der Waals surface area contributed by atoms with Gasteiger partial charge in [-0.3, -0.25) is 4.79 Å². The summed E-state index contributed by atoms with van der Waals surface area (Å²) in [5.74, 6) is 0.614. The van der Waals surface area contributed by atoms with Gasteiger partial charge in [-0.2, -0.15) is 0 Å². The van der Waals surface area contributed by atoms with Crippen LogP contribution < -0.4 is 10.1 Å². The number of benzene rings is 2. The number of hydrogen-bond acceptors (Lipinski definition) is 4. The van der Waals surface area contributed by atoms with Gasteiger partial charge in [-0.25, -0.2) is 4.98 Å². The predicted octanol–water partition coefficient (Wildman–Crippen LogP) is 5.45. The molecule has 1 heterocycles. The van der Waals surface area contributed by atoms with E-state index in [0.717, 1.165) is 16.2 Å². The quantitative estimate of drug-likeness (QED) is 0.567. The fourth-order valence-electron chi connectivity index (χ4n) is 2.26. The van der Waals surface area contributed by atoms with E-state index in [9.17, 15) is 4.79 Å². The molecular weight excluding hydrogens is 391 g/mol. The first kappa shape index (κ1) is 18.7.